The predicted octanol–water partition coefficient (Wildman–Crippen LogP) is 0.446. The predicted molar refractivity (Wildman–Crippen MR) is 52.6 cm³/mol. The van der Waals surface area contributed by atoms with Crippen LogP contribution in [0.3, 0.4) is 0 Å². The summed E-state index contributed by atoms with van der Waals surface area (Å²) in [7, 11) is 0. The highest BCUT2D eigenvalue weighted by Gasteiger charge is 2.25. The van der Waals surface area contributed by atoms with E-state index >= 15 is 0 Å². The zero-order chi connectivity index (χ0) is 9.10. The van der Waals surface area contributed by atoms with Crippen molar-refractivity contribution in [2.24, 2.45) is 11.7 Å². The van der Waals surface area contributed by atoms with Crippen LogP contribution in [-0.4, -0.2) is 43.8 Å². The Bertz CT molecular complexity index is 159. The van der Waals surface area contributed by atoms with E-state index < -0.39 is 0 Å². The molecule has 2 fully saturated rings. The summed E-state index contributed by atoms with van der Waals surface area (Å²) in [6.07, 6.45) is 3.94. The molecule has 0 spiro atoms. The lowest BCUT2D eigenvalue weighted by molar-refractivity contribution is -0.0392. The molecular formula is C10H20N2O. The number of nitrogens with zero attached hydrogens (tertiary/aromatic N) is 1. The molecule has 0 aromatic rings. The molecule has 76 valence electrons. The van der Waals surface area contributed by atoms with Crippen LogP contribution in [0.1, 0.15) is 19.3 Å². The number of rotatable bonds is 4. The van der Waals surface area contributed by atoms with Crippen LogP contribution >= 0.6 is 0 Å². The standard InChI is InChI=1S/C10H20N2O/c11-6-10-2-1-4-12(10)5-3-9-7-13-8-9/h9-10H,1-8,11H2/t10-/m1/s1. The number of hydrogen-bond donors (Lipinski definition) is 1. The lowest BCUT2D eigenvalue weighted by Crippen LogP contribution is -2.38. The van der Waals surface area contributed by atoms with Gasteiger partial charge in [-0.25, -0.2) is 0 Å². The summed E-state index contributed by atoms with van der Waals surface area (Å²) in [6, 6.07) is 0.668. The van der Waals surface area contributed by atoms with E-state index in [2.05, 4.69) is 4.90 Å². The highest BCUT2D eigenvalue weighted by molar-refractivity contribution is 4.80. The summed E-state index contributed by atoms with van der Waals surface area (Å²) < 4.78 is 5.16. The Labute approximate surface area is 80.2 Å². The van der Waals surface area contributed by atoms with Gasteiger partial charge in [-0.15, -0.1) is 0 Å². The first-order valence-corrected chi connectivity index (χ1v) is 5.42. The third-order valence-electron chi connectivity index (χ3n) is 3.30. The molecule has 2 aliphatic heterocycles. The Hall–Kier alpha value is -0.120. The molecule has 0 radical (unpaired) electrons. The third-order valence-corrected chi connectivity index (χ3v) is 3.30. The lowest BCUT2D eigenvalue weighted by Gasteiger charge is -2.30. The fourth-order valence-corrected chi connectivity index (χ4v) is 2.26. The van der Waals surface area contributed by atoms with Crippen LogP contribution < -0.4 is 5.73 Å². The van der Waals surface area contributed by atoms with Crippen molar-refractivity contribution in [1.29, 1.82) is 0 Å². The molecule has 2 rings (SSSR count). The minimum absolute atomic E-state index is 0.668. The van der Waals surface area contributed by atoms with Gasteiger partial charge in [0.15, 0.2) is 0 Å². The van der Waals surface area contributed by atoms with Crippen LogP contribution in [0, 0.1) is 5.92 Å². The molecule has 0 amide bonds. The molecule has 2 heterocycles. The van der Waals surface area contributed by atoms with E-state index in [-0.39, 0.29) is 0 Å². The van der Waals surface area contributed by atoms with Gasteiger partial charge in [-0.1, -0.05) is 0 Å². The average Bonchev–Trinajstić information content (AvgIpc) is 2.49. The smallest absolute Gasteiger partial charge is 0.0516 e. The van der Waals surface area contributed by atoms with Gasteiger partial charge in [0.25, 0.3) is 0 Å². The Morgan fingerprint density at radius 1 is 1.38 bits per heavy atom. The van der Waals surface area contributed by atoms with Crippen molar-refractivity contribution in [2.75, 3.05) is 32.8 Å². The first kappa shape index (κ1) is 9.44. The van der Waals surface area contributed by atoms with Crippen LogP contribution in [-0.2, 0) is 4.74 Å². The van der Waals surface area contributed by atoms with Gasteiger partial charge in [0.1, 0.15) is 0 Å². The summed E-state index contributed by atoms with van der Waals surface area (Å²) in [5, 5.41) is 0. The highest BCUT2D eigenvalue weighted by Crippen LogP contribution is 2.20. The topological polar surface area (TPSA) is 38.5 Å². The molecule has 2 N–H and O–H groups in total. The van der Waals surface area contributed by atoms with E-state index in [1.165, 1.54) is 32.4 Å². The largest absolute Gasteiger partial charge is 0.381 e. The molecule has 0 aromatic heterocycles. The van der Waals surface area contributed by atoms with Crippen molar-refractivity contribution in [3.8, 4) is 0 Å². The van der Waals surface area contributed by atoms with Crippen molar-refractivity contribution < 1.29 is 4.74 Å². The van der Waals surface area contributed by atoms with E-state index in [1.807, 2.05) is 0 Å². The van der Waals surface area contributed by atoms with Crippen LogP contribution in [0.5, 0.6) is 0 Å². The van der Waals surface area contributed by atoms with Crippen LogP contribution in [0.2, 0.25) is 0 Å². The van der Waals surface area contributed by atoms with Gasteiger partial charge < -0.3 is 10.5 Å². The molecule has 13 heavy (non-hydrogen) atoms. The summed E-state index contributed by atoms with van der Waals surface area (Å²) in [6.45, 7) is 5.30. The SMILES string of the molecule is NC[C@H]1CCCN1CCC1COC1. The normalized spacial score (nSPS) is 30.7. The summed E-state index contributed by atoms with van der Waals surface area (Å²) in [5.41, 5.74) is 5.71. The lowest BCUT2D eigenvalue weighted by atomic mass is 10.0. The third kappa shape index (κ3) is 2.22. The Balaban J connectivity index is 1.67. The molecule has 0 bridgehead atoms. The zero-order valence-electron chi connectivity index (χ0n) is 8.24. The number of hydrogen-bond acceptors (Lipinski definition) is 3. The maximum atomic E-state index is 5.71. The molecule has 2 aliphatic rings. The number of likely N-dealkylation sites (tertiary alicyclic amines) is 1. The molecule has 0 saturated carbocycles. The Kier molecular flexibility index (Phi) is 3.19. The second-order valence-corrected chi connectivity index (χ2v) is 4.26. The minimum atomic E-state index is 0.668. The van der Waals surface area contributed by atoms with Crippen LogP contribution in [0.4, 0.5) is 0 Å². The quantitative estimate of drug-likeness (QED) is 0.689. The van der Waals surface area contributed by atoms with Gasteiger partial charge in [-0.3, -0.25) is 4.90 Å². The molecule has 3 nitrogen and oxygen atoms in total. The van der Waals surface area contributed by atoms with E-state index in [0.29, 0.717) is 6.04 Å². The Morgan fingerprint density at radius 2 is 2.23 bits per heavy atom. The monoisotopic (exact) mass is 184 g/mol. The van der Waals surface area contributed by atoms with Gasteiger partial charge in [0, 0.05) is 18.5 Å². The fourth-order valence-electron chi connectivity index (χ4n) is 2.26. The first-order chi connectivity index (χ1) is 6.40. The summed E-state index contributed by atoms with van der Waals surface area (Å²) >= 11 is 0. The van der Waals surface area contributed by atoms with E-state index in [9.17, 15) is 0 Å². The van der Waals surface area contributed by atoms with Gasteiger partial charge >= 0.3 is 0 Å². The first-order valence-electron chi connectivity index (χ1n) is 5.42. The molecule has 0 aliphatic carbocycles. The zero-order valence-corrected chi connectivity index (χ0v) is 8.24. The second-order valence-electron chi connectivity index (χ2n) is 4.26. The molecule has 0 unspecified atom stereocenters. The molecular weight excluding hydrogens is 164 g/mol. The van der Waals surface area contributed by atoms with Crippen molar-refractivity contribution in [3.05, 3.63) is 0 Å². The van der Waals surface area contributed by atoms with Gasteiger partial charge in [0.2, 0.25) is 0 Å². The highest BCUT2D eigenvalue weighted by atomic mass is 16.5. The van der Waals surface area contributed by atoms with Crippen LogP contribution in [0.25, 0.3) is 0 Å². The van der Waals surface area contributed by atoms with Crippen molar-refractivity contribution >= 4 is 0 Å². The molecule has 3 heteroatoms. The number of nitrogens with two attached hydrogens (primary N) is 1. The van der Waals surface area contributed by atoms with Crippen LogP contribution in [0.15, 0.2) is 0 Å². The van der Waals surface area contributed by atoms with E-state index in [4.69, 9.17) is 10.5 Å². The maximum absolute atomic E-state index is 5.71. The van der Waals surface area contributed by atoms with Crippen molar-refractivity contribution in [3.63, 3.8) is 0 Å². The molecule has 1 atom stereocenters. The summed E-state index contributed by atoms with van der Waals surface area (Å²) in [4.78, 5) is 2.55. The fraction of sp³-hybridized carbons (Fsp3) is 1.00. The Morgan fingerprint density at radius 3 is 2.85 bits per heavy atom. The molecule has 0 aromatic carbocycles. The molecule has 2 saturated heterocycles. The average molecular weight is 184 g/mol. The van der Waals surface area contributed by atoms with Gasteiger partial charge in [-0.05, 0) is 32.4 Å². The van der Waals surface area contributed by atoms with E-state index in [1.54, 1.807) is 0 Å². The van der Waals surface area contributed by atoms with Crippen molar-refractivity contribution in [1.82, 2.24) is 4.90 Å². The van der Waals surface area contributed by atoms with Crippen molar-refractivity contribution in [2.45, 2.75) is 25.3 Å². The maximum Gasteiger partial charge on any atom is 0.0516 e. The van der Waals surface area contributed by atoms with Gasteiger partial charge in [-0.2, -0.15) is 0 Å². The number of ether oxygens (including phenoxy) is 1. The second kappa shape index (κ2) is 4.40. The van der Waals surface area contributed by atoms with E-state index in [0.717, 1.165) is 25.7 Å². The summed E-state index contributed by atoms with van der Waals surface area (Å²) in [5.74, 6) is 0.832. The van der Waals surface area contributed by atoms with Gasteiger partial charge in [0.05, 0.1) is 13.2 Å². The minimum Gasteiger partial charge on any atom is -0.381 e.